The summed E-state index contributed by atoms with van der Waals surface area (Å²) in [5, 5.41) is 7.73. The molecule has 104 valence electrons. The Morgan fingerprint density at radius 3 is 2.58 bits per heavy atom. The molecular formula is C12H19N5O2. The van der Waals surface area contributed by atoms with E-state index in [9.17, 15) is 0 Å². The standard InChI is InChI=1S/C12H19N5O2/c1-4-17(5-2)7-9(13)11-14-12(19-16-11)10-6-8(3)18-15-10/h6,9H,4-5,7,13H2,1-3H3. The van der Waals surface area contributed by atoms with Gasteiger partial charge in [0.05, 0.1) is 6.04 Å². The Bertz CT molecular complexity index is 518. The van der Waals surface area contributed by atoms with E-state index in [4.69, 9.17) is 14.8 Å². The third-order valence-corrected chi connectivity index (χ3v) is 2.97. The summed E-state index contributed by atoms with van der Waals surface area (Å²) in [5.74, 6) is 1.52. The van der Waals surface area contributed by atoms with E-state index in [1.165, 1.54) is 0 Å². The average molecular weight is 265 g/mol. The number of nitrogens with zero attached hydrogens (tertiary/aromatic N) is 4. The Morgan fingerprint density at radius 2 is 2.00 bits per heavy atom. The second kappa shape index (κ2) is 5.94. The highest BCUT2D eigenvalue weighted by molar-refractivity contribution is 5.45. The van der Waals surface area contributed by atoms with Crippen molar-refractivity contribution < 1.29 is 9.05 Å². The Labute approximate surface area is 111 Å². The molecule has 0 spiro atoms. The van der Waals surface area contributed by atoms with Gasteiger partial charge in [0, 0.05) is 12.6 Å². The van der Waals surface area contributed by atoms with Gasteiger partial charge >= 0.3 is 0 Å². The molecular weight excluding hydrogens is 246 g/mol. The lowest BCUT2D eigenvalue weighted by Crippen LogP contribution is -2.32. The van der Waals surface area contributed by atoms with Crippen molar-refractivity contribution >= 4 is 0 Å². The molecule has 0 aliphatic heterocycles. The molecule has 2 N–H and O–H groups in total. The zero-order valence-electron chi connectivity index (χ0n) is 11.5. The summed E-state index contributed by atoms with van der Waals surface area (Å²) in [6.45, 7) is 8.57. The number of aromatic nitrogens is 3. The van der Waals surface area contributed by atoms with Crippen molar-refractivity contribution in [2.45, 2.75) is 26.8 Å². The van der Waals surface area contributed by atoms with Crippen molar-refractivity contribution in [1.82, 2.24) is 20.2 Å². The van der Waals surface area contributed by atoms with Crippen LogP contribution in [0.25, 0.3) is 11.6 Å². The van der Waals surface area contributed by atoms with Gasteiger partial charge in [-0.05, 0) is 20.0 Å². The van der Waals surface area contributed by atoms with Crippen LogP contribution in [0.3, 0.4) is 0 Å². The van der Waals surface area contributed by atoms with Gasteiger partial charge in [0.25, 0.3) is 5.89 Å². The van der Waals surface area contributed by atoms with E-state index in [0.717, 1.165) is 13.1 Å². The molecule has 0 aliphatic carbocycles. The molecule has 0 saturated carbocycles. The number of nitrogens with two attached hydrogens (primary N) is 1. The van der Waals surface area contributed by atoms with Crippen molar-refractivity contribution in [3.63, 3.8) is 0 Å². The van der Waals surface area contributed by atoms with Crippen molar-refractivity contribution in [3.8, 4) is 11.6 Å². The molecule has 0 radical (unpaired) electrons. The van der Waals surface area contributed by atoms with Crippen LogP contribution >= 0.6 is 0 Å². The monoisotopic (exact) mass is 265 g/mol. The van der Waals surface area contributed by atoms with Crippen LogP contribution in [0.15, 0.2) is 15.1 Å². The van der Waals surface area contributed by atoms with Crippen LogP contribution in [0.2, 0.25) is 0 Å². The second-order valence-electron chi connectivity index (χ2n) is 4.37. The zero-order chi connectivity index (χ0) is 13.8. The van der Waals surface area contributed by atoms with Gasteiger partial charge in [-0.25, -0.2) is 0 Å². The molecule has 0 amide bonds. The van der Waals surface area contributed by atoms with E-state index in [2.05, 4.69) is 34.0 Å². The van der Waals surface area contributed by atoms with Crippen LogP contribution in [0.5, 0.6) is 0 Å². The molecule has 1 atom stereocenters. The van der Waals surface area contributed by atoms with Gasteiger partial charge in [-0.3, -0.25) is 0 Å². The Hall–Kier alpha value is -1.73. The van der Waals surface area contributed by atoms with Gasteiger partial charge < -0.3 is 19.7 Å². The minimum Gasteiger partial charge on any atom is -0.361 e. The van der Waals surface area contributed by atoms with E-state index in [1.807, 2.05) is 0 Å². The quantitative estimate of drug-likeness (QED) is 0.842. The number of aryl methyl sites for hydroxylation is 1. The van der Waals surface area contributed by atoms with Crippen LogP contribution in [-0.4, -0.2) is 39.8 Å². The molecule has 1 unspecified atom stereocenters. The molecule has 7 nitrogen and oxygen atoms in total. The molecule has 2 aromatic heterocycles. The zero-order valence-corrected chi connectivity index (χ0v) is 11.5. The molecule has 0 fully saturated rings. The highest BCUT2D eigenvalue weighted by atomic mass is 16.5. The first-order valence-electron chi connectivity index (χ1n) is 6.39. The Morgan fingerprint density at radius 1 is 1.26 bits per heavy atom. The largest absolute Gasteiger partial charge is 0.361 e. The first kappa shape index (κ1) is 13.7. The highest BCUT2D eigenvalue weighted by Gasteiger charge is 2.18. The van der Waals surface area contributed by atoms with E-state index in [0.29, 0.717) is 29.7 Å². The highest BCUT2D eigenvalue weighted by Crippen LogP contribution is 2.18. The van der Waals surface area contributed by atoms with Gasteiger partial charge in [0.2, 0.25) is 0 Å². The molecule has 2 rings (SSSR count). The number of hydrogen-bond donors (Lipinski definition) is 1. The molecule has 0 saturated heterocycles. The maximum absolute atomic E-state index is 6.07. The van der Waals surface area contributed by atoms with E-state index >= 15 is 0 Å². The summed E-state index contributed by atoms with van der Waals surface area (Å²) >= 11 is 0. The van der Waals surface area contributed by atoms with E-state index < -0.39 is 0 Å². The average Bonchev–Trinajstić information content (AvgIpc) is 3.04. The Balaban J connectivity index is 2.08. The van der Waals surface area contributed by atoms with Gasteiger partial charge in [-0.2, -0.15) is 4.98 Å². The fourth-order valence-corrected chi connectivity index (χ4v) is 1.80. The van der Waals surface area contributed by atoms with Crippen molar-refractivity contribution in [1.29, 1.82) is 0 Å². The molecule has 2 aromatic rings. The molecule has 0 aliphatic rings. The number of hydrogen-bond acceptors (Lipinski definition) is 7. The van der Waals surface area contributed by atoms with Crippen LogP contribution < -0.4 is 5.73 Å². The summed E-state index contributed by atoms with van der Waals surface area (Å²) < 4.78 is 10.1. The van der Waals surface area contributed by atoms with Crippen molar-refractivity contribution in [2.75, 3.05) is 19.6 Å². The van der Waals surface area contributed by atoms with Crippen molar-refractivity contribution in [3.05, 3.63) is 17.7 Å². The van der Waals surface area contributed by atoms with Crippen molar-refractivity contribution in [2.24, 2.45) is 5.73 Å². The van der Waals surface area contributed by atoms with Gasteiger partial charge in [0.15, 0.2) is 11.5 Å². The minimum atomic E-state index is -0.273. The van der Waals surface area contributed by atoms with Gasteiger partial charge in [-0.1, -0.05) is 24.2 Å². The van der Waals surface area contributed by atoms with Gasteiger partial charge in [-0.15, -0.1) is 0 Å². The third kappa shape index (κ3) is 3.18. The normalized spacial score (nSPS) is 13.1. The SMILES string of the molecule is CCN(CC)CC(N)c1noc(-c2cc(C)on2)n1. The van der Waals surface area contributed by atoms with Crippen LogP contribution in [0.4, 0.5) is 0 Å². The molecule has 7 heteroatoms. The predicted molar refractivity (Wildman–Crippen MR) is 69.2 cm³/mol. The fraction of sp³-hybridized carbons (Fsp3) is 0.583. The minimum absolute atomic E-state index is 0.273. The number of likely N-dealkylation sites (N-methyl/N-ethyl adjacent to an activating group) is 1. The smallest absolute Gasteiger partial charge is 0.280 e. The van der Waals surface area contributed by atoms with Crippen LogP contribution in [0.1, 0.15) is 31.5 Å². The predicted octanol–water partition coefficient (Wildman–Crippen LogP) is 1.37. The van der Waals surface area contributed by atoms with E-state index in [-0.39, 0.29) is 6.04 Å². The van der Waals surface area contributed by atoms with E-state index in [1.54, 1.807) is 13.0 Å². The summed E-state index contributed by atoms with van der Waals surface area (Å²) in [7, 11) is 0. The van der Waals surface area contributed by atoms with Crippen LogP contribution in [0, 0.1) is 6.92 Å². The van der Waals surface area contributed by atoms with Crippen LogP contribution in [-0.2, 0) is 0 Å². The first-order chi connectivity index (χ1) is 9.13. The first-order valence-corrected chi connectivity index (χ1v) is 6.39. The lowest BCUT2D eigenvalue weighted by atomic mass is 10.2. The summed E-state index contributed by atoms with van der Waals surface area (Å²) in [6.07, 6.45) is 0. The van der Waals surface area contributed by atoms with Gasteiger partial charge in [0.1, 0.15) is 5.76 Å². The maximum Gasteiger partial charge on any atom is 0.280 e. The lowest BCUT2D eigenvalue weighted by Gasteiger charge is -2.20. The fourth-order valence-electron chi connectivity index (χ4n) is 1.80. The maximum atomic E-state index is 6.07. The second-order valence-corrected chi connectivity index (χ2v) is 4.37. The molecule has 2 heterocycles. The summed E-state index contributed by atoms with van der Waals surface area (Å²) in [6, 6.07) is 1.47. The third-order valence-electron chi connectivity index (χ3n) is 2.97. The summed E-state index contributed by atoms with van der Waals surface area (Å²) in [5.41, 5.74) is 6.61. The molecule has 19 heavy (non-hydrogen) atoms. The molecule has 0 bridgehead atoms. The topological polar surface area (TPSA) is 94.2 Å². The lowest BCUT2D eigenvalue weighted by molar-refractivity contribution is 0.278. The molecule has 0 aromatic carbocycles. The Kier molecular flexibility index (Phi) is 4.28. The summed E-state index contributed by atoms with van der Waals surface area (Å²) in [4.78, 5) is 6.47. The number of rotatable bonds is 6.